The summed E-state index contributed by atoms with van der Waals surface area (Å²) in [5.74, 6) is -0.249. The van der Waals surface area contributed by atoms with Gasteiger partial charge >= 0.3 is 5.97 Å². The zero-order valence-electron chi connectivity index (χ0n) is 13.9. The Morgan fingerprint density at radius 2 is 1.77 bits per heavy atom. The number of halogens is 1. The van der Waals surface area contributed by atoms with Crippen molar-refractivity contribution in [2.24, 2.45) is 0 Å². The number of hydrogen-bond acceptors (Lipinski definition) is 5. The molecular weight excluding hydrogens is 339 g/mol. The number of esters is 1. The fourth-order valence-corrected chi connectivity index (χ4v) is 2.34. The number of ketones is 1. The molecular formula is C20H17FO5. The third-order valence-electron chi connectivity index (χ3n) is 3.70. The van der Waals surface area contributed by atoms with Gasteiger partial charge in [0, 0.05) is 18.1 Å². The molecule has 0 N–H and O–H groups in total. The van der Waals surface area contributed by atoms with E-state index in [0.717, 1.165) is 6.42 Å². The topological polar surface area (TPSA) is 61.8 Å². The van der Waals surface area contributed by atoms with Gasteiger partial charge in [-0.2, -0.15) is 0 Å². The molecule has 0 amide bonds. The molecule has 2 aromatic carbocycles. The van der Waals surface area contributed by atoms with Gasteiger partial charge in [0.25, 0.3) is 0 Å². The molecule has 2 aromatic rings. The molecule has 6 heteroatoms. The van der Waals surface area contributed by atoms with E-state index in [1.54, 1.807) is 18.2 Å². The molecule has 0 spiro atoms. The molecule has 0 bridgehead atoms. The number of ether oxygens (including phenoxy) is 3. The number of hydrogen-bond donors (Lipinski definition) is 0. The van der Waals surface area contributed by atoms with Crippen molar-refractivity contribution in [3.8, 4) is 11.5 Å². The maximum atomic E-state index is 12.8. The molecule has 0 saturated carbocycles. The SMILES string of the molecule is O=C(/C=C/c1ccc(F)cc1)OCC(=O)c1ccc2c(c1)OCCCO2. The average Bonchev–Trinajstić information content (AvgIpc) is 2.90. The summed E-state index contributed by atoms with van der Waals surface area (Å²) in [4.78, 5) is 23.9. The minimum Gasteiger partial charge on any atom is -0.490 e. The normalized spacial score (nSPS) is 13.3. The molecule has 1 aliphatic rings. The number of carbonyl (C=O) groups is 2. The van der Waals surface area contributed by atoms with Crippen molar-refractivity contribution in [2.45, 2.75) is 6.42 Å². The van der Waals surface area contributed by atoms with Crippen LogP contribution in [-0.2, 0) is 9.53 Å². The van der Waals surface area contributed by atoms with E-state index >= 15 is 0 Å². The van der Waals surface area contributed by atoms with Crippen molar-refractivity contribution in [2.75, 3.05) is 19.8 Å². The standard InChI is InChI=1S/C20H17FO5/c21-16-6-2-14(3-7-16)4-9-20(23)26-13-17(22)15-5-8-18-19(12-15)25-11-1-10-24-18/h2-9,12H,1,10-11,13H2/b9-4+. The first-order chi connectivity index (χ1) is 12.6. The number of carbonyl (C=O) groups excluding carboxylic acids is 2. The smallest absolute Gasteiger partial charge is 0.331 e. The summed E-state index contributed by atoms with van der Waals surface area (Å²) in [6.45, 7) is 0.707. The lowest BCUT2D eigenvalue weighted by Crippen LogP contribution is -2.12. The van der Waals surface area contributed by atoms with E-state index < -0.39 is 5.97 Å². The van der Waals surface area contributed by atoms with Crippen LogP contribution in [0, 0.1) is 5.82 Å². The third kappa shape index (κ3) is 4.69. The fraction of sp³-hybridized carbons (Fsp3) is 0.200. The number of benzene rings is 2. The quantitative estimate of drug-likeness (QED) is 0.467. The van der Waals surface area contributed by atoms with Crippen molar-refractivity contribution in [1.29, 1.82) is 0 Å². The van der Waals surface area contributed by atoms with Gasteiger partial charge < -0.3 is 14.2 Å². The van der Waals surface area contributed by atoms with E-state index in [9.17, 15) is 14.0 Å². The molecule has 1 aliphatic heterocycles. The molecule has 0 atom stereocenters. The zero-order valence-corrected chi connectivity index (χ0v) is 13.9. The number of Topliss-reactive ketones (excluding diaryl/α,β-unsaturated/α-hetero) is 1. The predicted octanol–water partition coefficient (Wildman–Crippen LogP) is 3.43. The van der Waals surface area contributed by atoms with Crippen LogP contribution in [0.5, 0.6) is 11.5 Å². The highest BCUT2D eigenvalue weighted by Gasteiger charge is 2.15. The Morgan fingerprint density at radius 1 is 1.04 bits per heavy atom. The summed E-state index contributed by atoms with van der Waals surface area (Å²) in [6.07, 6.45) is 3.45. The van der Waals surface area contributed by atoms with Gasteiger partial charge in [-0.05, 0) is 42.0 Å². The molecule has 3 rings (SSSR count). The first kappa shape index (κ1) is 17.7. The molecule has 0 saturated heterocycles. The number of fused-ring (bicyclic) bond motifs is 1. The second-order valence-corrected chi connectivity index (χ2v) is 5.63. The van der Waals surface area contributed by atoms with Gasteiger partial charge in [-0.1, -0.05) is 12.1 Å². The summed E-state index contributed by atoms with van der Waals surface area (Å²) in [7, 11) is 0. The molecule has 0 unspecified atom stereocenters. The van der Waals surface area contributed by atoms with Gasteiger partial charge in [-0.15, -0.1) is 0 Å². The lowest BCUT2D eigenvalue weighted by atomic mass is 10.1. The van der Waals surface area contributed by atoms with Crippen molar-refractivity contribution in [3.05, 3.63) is 65.5 Å². The molecule has 0 aromatic heterocycles. The van der Waals surface area contributed by atoms with Crippen molar-refractivity contribution in [3.63, 3.8) is 0 Å². The maximum absolute atomic E-state index is 12.8. The monoisotopic (exact) mass is 356 g/mol. The number of rotatable bonds is 5. The van der Waals surface area contributed by atoms with E-state index in [1.165, 1.54) is 36.4 Å². The molecule has 5 nitrogen and oxygen atoms in total. The molecule has 1 heterocycles. The first-order valence-corrected chi connectivity index (χ1v) is 8.15. The van der Waals surface area contributed by atoms with E-state index in [-0.39, 0.29) is 18.2 Å². The van der Waals surface area contributed by atoms with Crippen LogP contribution in [0.3, 0.4) is 0 Å². The fourth-order valence-electron chi connectivity index (χ4n) is 2.34. The van der Waals surface area contributed by atoms with Crippen LogP contribution in [0.2, 0.25) is 0 Å². The highest BCUT2D eigenvalue weighted by molar-refractivity contribution is 5.99. The second kappa shape index (κ2) is 8.29. The van der Waals surface area contributed by atoms with Crippen LogP contribution in [-0.4, -0.2) is 31.6 Å². The molecule has 0 fully saturated rings. The van der Waals surface area contributed by atoms with Crippen LogP contribution in [0.4, 0.5) is 4.39 Å². The second-order valence-electron chi connectivity index (χ2n) is 5.63. The Balaban J connectivity index is 1.55. The highest BCUT2D eigenvalue weighted by atomic mass is 19.1. The van der Waals surface area contributed by atoms with Crippen LogP contribution >= 0.6 is 0 Å². The molecule has 26 heavy (non-hydrogen) atoms. The minimum atomic E-state index is -0.656. The summed E-state index contributed by atoms with van der Waals surface area (Å²) in [5, 5.41) is 0. The van der Waals surface area contributed by atoms with Crippen LogP contribution in [0.25, 0.3) is 6.08 Å². The summed E-state index contributed by atoms with van der Waals surface area (Å²) in [6, 6.07) is 10.5. The largest absolute Gasteiger partial charge is 0.490 e. The lowest BCUT2D eigenvalue weighted by Gasteiger charge is -2.08. The van der Waals surface area contributed by atoms with Crippen molar-refractivity contribution >= 4 is 17.8 Å². The van der Waals surface area contributed by atoms with E-state index in [1.807, 2.05) is 0 Å². The van der Waals surface area contributed by atoms with E-state index in [2.05, 4.69) is 0 Å². The minimum absolute atomic E-state index is 0.343. The van der Waals surface area contributed by atoms with Gasteiger partial charge in [-0.25, -0.2) is 9.18 Å². The molecule has 0 radical (unpaired) electrons. The van der Waals surface area contributed by atoms with Gasteiger partial charge in [-0.3, -0.25) is 4.79 Å². The highest BCUT2D eigenvalue weighted by Crippen LogP contribution is 2.30. The Bertz CT molecular complexity index is 827. The van der Waals surface area contributed by atoms with Crippen LogP contribution in [0.1, 0.15) is 22.3 Å². The lowest BCUT2D eigenvalue weighted by molar-refractivity contribution is -0.136. The summed E-state index contributed by atoms with van der Waals surface area (Å²) >= 11 is 0. The van der Waals surface area contributed by atoms with Crippen LogP contribution in [0.15, 0.2) is 48.5 Å². The van der Waals surface area contributed by atoms with Gasteiger partial charge in [0.1, 0.15) is 5.82 Å². The Kier molecular flexibility index (Phi) is 5.63. The van der Waals surface area contributed by atoms with Gasteiger partial charge in [0.05, 0.1) is 13.2 Å². The summed E-state index contributed by atoms with van der Waals surface area (Å²) < 4.78 is 28.8. The predicted molar refractivity (Wildman–Crippen MR) is 92.8 cm³/mol. The Morgan fingerprint density at radius 3 is 2.54 bits per heavy atom. The maximum Gasteiger partial charge on any atom is 0.331 e. The third-order valence-corrected chi connectivity index (χ3v) is 3.70. The Hall–Kier alpha value is -3.15. The summed E-state index contributed by atoms with van der Waals surface area (Å²) in [5.41, 5.74) is 1.03. The first-order valence-electron chi connectivity index (χ1n) is 8.15. The van der Waals surface area contributed by atoms with E-state index in [0.29, 0.717) is 35.8 Å². The molecule has 0 aliphatic carbocycles. The van der Waals surface area contributed by atoms with Gasteiger partial charge in [0.2, 0.25) is 0 Å². The van der Waals surface area contributed by atoms with Crippen molar-refractivity contribution in [1.82, 2.24) is 0 Å². The van der Waals surface area contributed by atoms with Crippen LogP contribution < -0.4 is 9.47 Å². The van der Waals surface area contributed by atoms with E-state index in [4.69, 9.17) is 14.2 Å². The Labute approximate surface area is 150 Å². The van der Waals surface area contributed by atoms with Gasteiger partial charge in [0.15, 0.2) is 23.9 Å². The zero-order chi connectivity index (χ0) is 18.4. The average molecular weight is 356 g/mol. The molecule has 134 valence electrons. The van der Waals surface area contributed by atoms with Crippen molar-refractivity contribution < 1.29 is 28.2 Å².